The number of hydrogen-bond donors (Lipinski definition) is 1. The molecule has 0 aromatic carbocycles. The van der Waals surface area contributed by atoms with E-state index in [2.05, 4.69) is 11.9 Å². The van der Waals surface area contributed by atoms with Crippen LogP contribution < -0.4 is 0 Å². The lowest BCUT2D eigenvalue weighted by atomic mass is 9.89. The number of aromatic carboxylic acids is 1. The number of rotatable bonds is 4. The van der Waals surface area contributed by atoms with Crippen molar-refractivity contribution in [2.24, 2.45) is 5.92 Å². The largest absolute Gasteiger partial charge is 0.475 e. The zero-order valence-electron chi connectivity index (χ0n) is 11.5. The van der Waals surface area contributed by atoms with Crippen LogP contribution in [-0.4, -0.2) is 35.4 Å². The summed E-state index contributed by atoms with van der Waals surface area (Å²) in [5, 5.41) is 9.11. The van der Waals surface area contributed by atoms with Crippen molar-refractivity contribution in [2.45, 2.75) is 45.5 Å². The molecule has 1 fully saturated rings. The highest BCUT2D eigenvalue weighted by molar-refractivity contribution is 5.85. The summed E-state index contributed by atoms with van der Waals surface area (Å²) < 4.78 is 16.1. The number of ether oxygens (including phenoxy) is 2. The van der Waals surface area contributed by atoms with Crippen LogP contribution in [0.3, 0.4) is 0 Å². The zero-order chi connectivity index (χ0) is 14.2. The second-order valence-corrected chi connectivity index (χ2v) is 5.00. The quantitative estimate of drug-likeness (QED) is 0.900. The van der Waals surface area contributed by atoms with Crippen LogP contribution in [0.2, 0.25) is 0 Å². The molecule has 1 N–H and O–H groups in total. The number of hydrogen-bond acceptors (Lipinski definition) is 5. The number of carbonyl (C=O) groups is 1. The summed E-state index contributed by atoms with van der Waals surface area (Å²) in [6.45, 7) is 6.13. The molecule has 4 atom stereocenters. The van der Waals surface area contributed by atoms with Crippen molar-refractivity contribution in [1.82, 2.24) is 4.98 Å². The number of aromatic nitrogens is 1. The van der Waals surface area contributed by atoms with E-state index >= 15 is 0 Å². The van der Waals surface area contributed by atoms with Crippen LogP contribution >= 0.6 is 0 Å². The van der Waals surface area contributed by atoms with Gasteiger partial charge in [0.15, 0.2) is 0 Å². The van der Waals surface area contributed by atoms with Crippen LogP contribution in [0, 0.1) is 5.92 Å². The van der Waals surface area contributed by atoms with E-state index in [-0.39, 0.29) is 36.4 Å². The van der Waals surface area contributed by atoms with E-state index in [1.54, 1.807) is 0 Å². The van der Waals surface area contributed by atoms with E-state index in [0.717, 1.165) is 0 Å². The van der Waals surface area contributed by atoms with Gasteiger partial charge in [-0.2, -0.15) is 0 Å². The first-order valence-electron chi connectivity index (χ1n) is 6.33. The Morgan fingerprint density at radius 1 is 1.37 bits per heavy atom. The Morgan fingerprint density at radius 3 is 2.53 bits per heavy atom. The molecule has 0 amide bonds. The minimum Gasteiger partial charge on any atom is -0.475 e. The van der Waals surface area contributed by atoms with Crippen molar-refractivity contribution >= 4 is 5.97 Å². The maximum absolute atomic E-state index is 11.1. The van der Waals surface area contributed by atoms with Gasteiger partial charge in [-0.05, 0) is 19.8 Å². The number of nitrogens with zero attached hydrogens (tertiary/aromatic N) is 1. The van der Waals surface area contributed by atoms with Gasteiger partial charge in [-0.3, -0.25) is 0 Å². The topological polar surface area (TPSA) is 81.8 Å². The molecule has 19 heavy (non-hydrogen) atoms. The highest BCUT2D eigenvalue weighted by Crippen LogP contribution is 2.39. The molecular formula is C13H19NO5. The van der Waals surface area contributed by atoms with Gasteiger partial charge < -0.3 is 19.0 Å². The van der Waals surface area contributed by atoms with E-state index in [4.69, 9.17) is 19.0 Å². The molecule has 0 radical (unpaired) electrons. The van der Waals surface area contributed by atoms with Gasteiger partial charge in [0.1, 0.15) is 5.69 Å². The summed E-state index contributed by atoms with van der Waals surface area (Å²) in [7, 11) is 1.49. The monoisotopic (exact) mass is 269 g/mol. The summed E-state index contributed by atoms with van der Waals surface area (Å²) in [6, 6.07) is 0. The summed E-state index contributed by atoms with van der Waals surface area (Å²) in [5.74, 6) is -0.646. The van der Waals surface area contributed by atoms with Crippen LogP contribution in [0.15, 0.2) is 4.42 Å². The predicted molar refractivity (Wildman–Crippen MR) is 66.1 cm³/mol. The van der Waals surface area contributed by atoms with Crippen LogP contribution in [0.5, 0.6) is 0 Å². The minimum absolute atomic E-state index is 0.0290. The molecule has 106 valence electrons. The van der Waals surface area contributed by atoms with E-state index < -0.39 is 5.97 Å². The molecule has 1 aliphatic rings. The highest BCUT2D eigenvalue weighted by Gasteiger charge is 2.41. The van der Waals surface area contributed by atoms with Crippen molar-refractivity contribution < 1.29 is 23.8 Å². The van der Waals surface area contributed by atoms with Gasteiger partial charge in [-0.1, -0.05) is 6.92 Å². The molecular weight excluding hydrogens is 250 g/mol. The molecule has 4 unspecified atom stereocenters. The van der Waals surface area contributed by atoms with Crippen LogP contribution in [-0.2, 0) is 16.1 Å². The fourth-order valence-electron chi connectivity index (χ4n) is 2.61. The molecule has 2 rings (SSSR count). The minimum atomic E-state index is -1.13. The normalized spacial score (nSPS) is 30.7. The first kappa shape index (κ1) is 14.0. The molecule has 0 bridgehead atoms. The summed E-state index contributed by atoms with van der Waals surface area (Å²) in [6.07, 6.45) is 0.0618. The van der Waals surface area contributed by atoms with Gasteiger partial charge >= 0.3 is 5.97 Å². The van der Waals surface area contributed by atoms with Crippen molar-refractivity contribution in [3.8, 4) is 0 Å². The van der Waals surface area contributed by atoms with Crippen LogP contribution in [0.4, 0.5) is 0 Å². The van der Waals surface area contributed by atoms with Crippen LogP contribution in [0.25, 0.3) is 0 Å². The maximum atomic E-state index is 11.1. The fraction of sp³-hybridized carbons (Fsp3) is 0.692. The Kier molecular flexibility index (Phi) is 3.91. The van der Waals surface area contributed by atoms with Gasteiger partial charge in [-0.15, -0.1) is 0 Å². The molecule has 6 heteroatoms. The Bertz CT molecular complexity index is 470. The van der Waals surface area contributed by atoms with Crippen molar-refractivity contribution in [3.63, 3.8) is 0 Å². The smallest absolute Gasteiger partial charge is 0.373 e. The van der Waals surface area contributed by atoms with Gasteiger partial charge in [-0.25, -0.2) is 9.78 Å². The predicted octanol–water partition coefficient (Wildman–Crippen LogP) is 2.05. The lowest BCUT2D eigenvalue weighted by Gasteiger charge is -2.13. The molecule has 2 heterocycles. The standard InChI is InChI=1S/C13H19NO5/c1-6-7(2)18-8(3)10(6)12-14-9(5-17-4)11(19-12)13(15)16/h6-8,10H,5H2,1-4H3,(H,15,16). The zero-order valence-corrected chi connectivity index (χ0v) is 11.5. The van der Waals surface area contributed by atoms with Crippen molar-refractivity contribution in [3.05, 3.63) is 17.3 Å². The maximum Gasteiger partial charge on any atom is 0.373 e. The third-order valence-corrected chi connectivity index (χ3v) is 3.72. The molecule has 0 spiro atoms. The number of carboxylic acids is 1. The molecule has 1 aromatic heterocycles. The number of methoxy groups -OCH3 is 1. The van der Waals surface area contributed by atoms with E-state index in [0.29, 0.717) is 11.6 Å². The van der Waals surface area contributed by atoms with Gasteiger partial charge in [0.2, 0.25) is 11.7 Å². The third kappa shape index (κ3) is 2.50. The summed E-state index contributed by atoms with van der Waals surface area (Å²) in [5.41, 5.74) is 0.323. The Morgan fingerprint density at radius 2 is 2.05 bits per heavy atom. The molecule has 0 aliphatic carbocycles. The number of oxazole rings is 1. The van der Waals surface area contributed by atoms with E-state index in [9.17, 15) is 4.79 Å². The van der Waals surface area contributed by atoms with Gasteiger partial charge in [0.05, 0.1) is 24.7 Å². The second-order valence-electron chi connectivity index (χ2n) is 5.00. The number of carboxylic acid groups (broad SMARTS) is 1. The Balaban J connectivity index is 2.35. The first-order chi connectivity index (χ1) is 8.95. The van der Waals surface area contributed by atoms with Crippen molar-refractivity contribution in [1.29, 1.82) is 0 Å². The second kappa shape index (κ2) is 5.30. The van der Waals surface area contributed by atoms with E-state index in [1.807, 2.05) is 13.8 Å². The van der Waals surface area contributed by atoms with Crippen molar-refractivity contribution in [2.75, 3.05) is 7.11 Å². The molecule has 0 saturated carbocycles. The average Bonchev–Trinajstić information content (AvgIpc) is 2.83. The lowest BCUT2D eigenvalue weighted by molar-refractivity contribution is 0.0538. The van der Waals surface area contributed by atoms with Gasteiger partial charge in [0.25, 0.3) is 0 Å². The molecule has 6 nitrogen and oxygen atoms in total. The summed E-state index contributed by atoms with van der Waals surface area (Å²) in [4.78, 5) is 15.4. The Labute approximate surface area is 111 Å². The fourth-order valence-corrected chi connectivity index (χ4v) is 2.61. The lowest BCUT2D eigenvalue weighted by Crippen LogP contribution is -2.15. The average molecular weight is 269 g/mol. The molecule has 1 aliphatic heterocycles. The van der Waals surface area contributed by atoms with Gasteiger partial charge in [0, 0.05) is 7.11 Å². The highest BCUT2D eigenvalue weighted by atomic mass is 16.5. The van der Waals surface area contributed by atoms with E-state index in [1.165, 1.54) is 7.11 Å². The SMILES string of the molecule is COCc1nc(C2C(C)OC(C)C2C)oc1C(=O)O. The molecule has 1 aromatic rings. The first-order valence-corrected chi connectivity index (χ1v) is 6.33. The van der Waals surface area contributed by atoms with Crippen LogP contribution in [0.1, 0.15) is 48.8 Å². The Hall–Kier alpha value is -1.40. The third-order valence-electron chi connectivity index (χ3n) is 3.72. The molecule has 1 saturated heterocycles. The summed E-state index contributed by atoms with van der Waals surface area (Å²) >= 11 is 0.